The monoisotopic (exact) mass is 531 g/mol. The number of carboxylic acids is 1. The second-order valence-corrected chi connectivity index (χ2v) is 9.02. The minimum Gasteiger partial charge on any atom is -0.481 e. The first-order valence-electron chi connectivity index (χ1n) is 11.5. The number of hydrogen-bond donors (Lipinski definition) is 1. The van der Waals surface area contributed by atoms with Crippen molar-refractivity contribution in [1.29, 1.82) is 0 Å². The van der Waals surface area contributed by atoms with Gasteiger partial charge in [-0.2, -0.15) is 0 Å². The Labute approximate surface area is 224 Å². The summed E-state index contributed by atoms with van der Waals surface area (Å²) < 4.78 is 0. The fourth-order valence-electron chi connectivity index (χ4n) is 3.83. The van der Waals surface area contributed by atoms with Gasteiger partial charge in [-0.3, -0.25) is 14.5 Å². The summed E-state index contributed by atoms with van der Waals surface area (Å²) >= 11 is 12.2. The van der Waals surface area contributed by atoms with Gasteiger partial charge in [0, 0.05) is 30.2 Å². The van der Waals surface area contributed by atoms with E-state index in [1.165, 1.54) is 0 Å². The summed E-state index contributed by atoms with van der Waals surface area (Å²) in [6.07, 6.45) is 6.95. The minimum absolute atomic E-state index is 0.155. The number of carboxylic acid groups (broad SMARTS) is 1. The number of nitrogens with zero attached hydrogens (tertiary/aromatic N) is 3. The summed E-state index contributed by atoms with van der Waals surface area (Å²) in [5.74, 6) is -1.81. The van der Waals surface area contributed by atoms with Crippen LogP contribution in [0.25, 0.3) is 6.08 Å². The van der Waals surface area contributed by atoms with Gasteiger partial charge in [0.25, 0.3) is 0 Å². The van der Waals surface area contributed by atoms with Crippen LogP contribution in [-0.4, -0.2) is 26.8 Å². The van der Waals surface area contributed by atoms with E-state index in [1.54, 1.807) is 42.7 Å². The fourth-order valence-corrected chi connectivity index (χ4v) is 4.44. The highest BCUT2D eigenvalue weighted by atomic mass is 35.5. The number of aromatic nitrogens is 2. The Morgan fingerprint density at radius 3 is 2.08 bits per heavy atom. The molecular weight excluding hydrogens is 509 g/mol. The average Bonchev–Trinajstić information content (AvgIpc) is 2.90. The van der Waals surface area contributed by atoms with Crippen LogP contribution >= 0.6 is 23.2 Å². The quantitative estimate of drug-likeness (QED) is 0.212. The highest BCUT2D eigenvalue weighted by Gasteiger charge is 2.23. The maximum Gasteiger partial charge on any atom is 0.307 e. The molecule has 8 heteroatoms. The van der Waals surface area contributed by atoms with Crippen molar-refractivity contribution in [3.05, 3.63) is 119 Å². The van der Waals surface area contributed by atoms with E-state index < -0.39 is 17.7 Å². The predicted octanol–water partition coefficient (Wildman–Crippen LogP) is 7.63. The number of halogens is 2. The molecular formula is C29H23Cl2N3O3. The second-order valence-electron chi connectivity index (χ2n) is 8.21. The third-order valence-corrected chi connectivity index (χ3v) is 6.30. The van der Waals surface area contributed by atoms with Crippen LogP contribution in [0.4, 0.5) is 17.3 Å². The maximum absolute atomic E-state index is 12.7. The summed E-state index contributed by atoms with van der Waals surface area (Å²) in [6, 6.07) is 24.1. The first kappa shape index (κ1) is 26.1. The van der Waals surface area contributed by atoms with Crippen LogP contribution in [0.15, 0.2) is 97.3 Å². The molecule has 1 heterocycles. The number of carbonyl (C=O) groups excluding carboxylic acids is 1. The molecule has 1 N–H and O–H groups in total. The molecule has 37 heavy (non-hydrogen) atoms. The molecule has 4 aromatic rings. The lowest BCUT2D eigenvalue weighted by Gasteiger charge is -2.22. The van der Waals surface area contributed by atoms with Gasteiger partial charge in [0.05, 0.1) is 21.5 Å². The van der Waals surface area contributed by atoms with Crippen LogP contribution in [0.1, 0.15) is 28.8 Å². The van der Waals surface area contributed by atoms with Crippen LogP contribution < -0.4 is 4.90 Å². The number of hydrogen-bond acceptors (Lipinski definition) is 5. The second kappa shape index (κ2) is 12.3. The van der Waals surface area contributed by atoms with Crippen LogP contribution in [0.5, 0.6) is 0 Å². The molecule has 0 fully saturated rings. The molecule has 0 spiro atoms. The minimum atomic E-state index is -1.06. The van der Waals surface area contributed by atoms with Gasteiger partial charge < -0.3 is 5.11 Å². The third-order valence-electron chi connectivity index (χ3n) is 5.67. The zero-order chi connectivity index (χ0) is 26.2. The SMILES string of the molecule is O=C(CC(C/C=C/c1ccc(N(c2ccccc2)c2ncccn2)cc1)C(=O)O)c1c(Cl)cccc1Cl. The predicted molar refractivity (Wildman–Crippen MR) is 147 cm³/mol. The standard InChI is InChI=1S/C29H23Cl2N3O3/c30-24-11-5-12-25(31)27(24)26(35)19-21(28(36)37)8-4-7-20-13-15-23(16-14-20)34(22-9-2-1-3-10-22)29-32-17-6-18-33-29/h1-7,9-18,21H,8,19H2,(H,36,37)/b7-4+. The van der Waals surface area contributed by atoms with Gasteiger partial charge >= 0.3 is 5.97 Å². The number of aliphatic carboxylic acids is 1. The lowest BCUT2D eigenvalue weighted by atomic mass is 9.95. The molecule has 0 radical (unpaired) electrons. The third kappa shape index (κ3) is 6.61. The molecule has 0 amide bonds. The van der Waals surface area contributed by atoms with Gasteiger partial charge in [-0.25, -0.2) is 9.97 Å². The molecule has 4 rings (SSSR count). The summed E-state index contributed by atoms with van der Waals surface area (Å²) in [7, 11) is 0. The van der Waals surface area contributed by atoms with Crippen molar-refractivity contribution in [3.8, 4) is 0 Å². The first-order chi connectivity index (χ1) is 17.9. The Balaban J connectivity index is 1.47. The summed E-state index contributed by atoms with van der Waals surface area (Å²) in [6.45, 7) is 0. The van der Waals surface area contributed by atoms with Crippen LogP contribution in [0.3, 0.4) is 0 Å². The van der Waals surface area contributed by atoms with Gasteiger partial charge in [0.2, 0.25) is 5.95 Å². The number of ketones is 1. The Hall–Kier alpha value is -4.00. The zero-order valence-electron chi connectivity index (χ0n) is 19.7. The Bertz CT molecular complexity index is 1340. The van der Waals surface area contributed by atoms with Crippen LogP contribution in [0.2, 0.25) is 10.0 Å². The van der Waals surface area contributed by atoms with Gasteiger partial charge in [0.15, 0.2) is 5.78 Å². The molecule has 0 saturated heterocycles. The van der Waals surface area contributed by atoms with Crippen molar-refractivity contribution in [3.63, 3.8) is 0 Å². The molecule has 186 valence electrons. The van der Waals surface area contributed by atoms with E-state index in [9.17, 15) is 14.7 Å². The molecule has 0 aliphatic heterocycles. The Morgan fingerprint density at radius 2 is 1.46 bits per heavy atom. The van der Waals surface area contributed by atoms with Crippen molar-refractivity contribution in [1.82, 2.24) is 9.97 Å². The number of Topliss-reactive ketones (excluding diaryl/α,β-unsaturated/α-hetero) is 1. The Kier molecular flexibility index (Phi) is 8.67. The van der Waals surface area contributed by atoms with Gasteiger partial charge in [-0.05, 0) is 54.4 Å². The molecule has 1 unspecified atom stereocenters. The van der Waals surface area contributed by atoms with Crippen molar-refractivity contribution in [2.45, 2.75) is 12.8 Å². The van der Waals surface area contributed by atoms with E-state index in [-0.39, 0.29) is 28.5 Å². The number of carbonyl (C=O) groups is 2. The number of anilines is 3. The zero-order valence-corrected chi connectivity index (χ0v) is 21.2. The van der Waals surface area contributed by atoms with Crippen LogP contribution in [0, 0.1) is 5.92 Å². The van der Waals surface area contributed by atoms with Crippen LogP contribution in [-0.2, 0) is 4.79 Å². The lowest BCUT2D eigenvalue weighted by Crippen LogP contribution is -2.18. The van der Waals surface area contributed by atoms with Gasteiger partial charge in [-0.1, -0.05) is 71.8 Å². The first-order valence-corrected chi connectivity index (χ1v) is 12.3. The topological polar surface area (TPSA) is 83.4 Å². The van der Waals surface area contributed by atoms with E-state index in [0.29, 0.717) is 5.95 Å². The molecule has 0 bridgehead atoms. The molecule has 0 aliphatic rings. The number of rotatable bonds is 10. The Morgan fingerprint density at radius 1 is 0.838 bits per heavy atom. The molecule has 1 aromatic heterocycles. The number of para-hydroxylation sites is 1. The summed E-state index contributed by atoms with van der Waals surface area (Å²) in [4.78, 5) is 35.2. The largest absolute Gasteiger partial charge is 0.481 e. The van der Waals surface area contributed by atoms with E-state index in [2.05, 4.69) is 9.97 Å². The molecule has 0 saturated carbocycles. The number of allylic oxidation sites excluding steroid dienone is 1. The molecule has 3 aromatic carbocycles. The van der Waals surface area contributed by atoms with E-state index in [0.717, 1.165) is 16.9 Å². The molecule has 1 atom stereocenters. The van der Waals surface area contributed by atoms with Gasteiger partial charge in [-0.15, -0.1) is 0 Å². The molecule has 6 nitrogen and oxygen atoms in total. The summed E-state index contributed by atoms with van der Waals surface area (Å²) in [5, 5.41) is 10.1. The van der Waals surface area contributed by atoms with E-state index in [4.69, 9.17) is 23.2 Å². The smallest absolute Gasteiger partial charge is 0.307 e. The van der Waals surface area contributed by atoms with Crippen molar-refractivity contribution in [2.75, 3.05) is 4.90 Å². The number of benzene rings is 3. The van der Waals surface area contributed by atoms with E-state index in [1.807, 2.05) is 65.6 Å². The lowest BCUT2D eigenvalue weighted by molar-refractivity contribution is -0.141. The van der Waals surface area contributed by atoms with Crippen molar-refractivity contribution < 1.29 is 14.7 Å². The maximum atomic E-state index is 12.7. The highest BCUT2D eigenvalue weighted by molar-refractivity contribution is 6.39. The molecule has 0 aliphatic carbocycles. The average molecular weight is 532 g/mol. The van der Waals surface area contributed by atoms with Crippen molar-refractivity contribution >= 4 is 58.4 Å². The van der Waals surface area contributed by atoms with Gasteiger partial charge in [0.1, 0.15) is 0 Å². The fraction of sp³-hybridized carbons (Fsp3) is 0.103. The van der Waals surface area contributed by atoms with E-state index >= 15 is 0 Å². The van der Waals surface area contributed by atoms with Crippen molar-refractivity contribution in [2.24, 2.45) is 5.92 Å². The normalized spacial score (nSPS) is 11.8. The highest BCUT2D eigenvalue weighted by Crippen LogP contribution is 2.32. The summed E-state index contributed by atoms with van der Waals surface area (Å²) in [5.41, 5.74) is 2.84.